The van der Waals surface area contributed by atoms with Crippen LogP contribution in [0.25, 0.3) is 6.08 Å². The van der Waals surface area contributed by atoms with E-state index in [0.717, 1.165) is 11.1 Å². The Morgan fingerprint density at radius 1 is 0.844 bits per heavy atom. The van der Waals surface area contributed by atoms with E-state index >= 15 is 0 Å². The molecule has 0 aliphatic rings. The van der Waals surface area contributed by atoms with E-state index in [1.165, 1.54) is 12.3 Å². The van der Waals surface area contributed by atoms with Crippen LogP contribution in [0.3, 0.4) is 0 Å². The van der Waals surface area contributed by atoms with Crippen LogP contribution < -0.4 is 19.6 Å². The van der Waals surface area contributed by atoms with Crippen LogP contribution in [0.5, 0.6) is 17.2 Å². The van der Waals surface area contributed by atoms with Crippen LogP contribution in [0, 0.1) is 0 Å². The minimum atomic E-state index is -0.473. The van der Waals surface area contributed by atoms with Gasteiger partial charge in [0.2, 0.25) is 0 Å². The number of methoxy groups -OCH3 is 1. The zero-order chi connectivity index (χ0) is 22.6. The van der Waals surface area contributed by atoms with E-state index in [2.05, 4.69) is 10.5 Å². The molecule has 162 valence electrons. The van der Waals surface area contributed by atoms with Crippen LogP contribution in [0.15, 0.2) is 90.0 Å². The summed E-state index contributed by atoms with van der Waals surface area (Å²) in [5, 5.41) is 3.89. The predicted octanol–water partition coefficient (Wildman–Crippen LogP) is 3.84. The molecule has 1 N–H and O–H groups in total. The smallest absolute Gasteiger partial charge is 0.336 e. The summed E-state index contributed by atoms with van der Waals surface area (Å²) in [6, 6.07) is 23.1. The molecule has 0 bridgehead atoms. The number of carbonyl (C=O) groups is 2. The van der Waals surface area contributed by atoms with E-state index in [-0.39, 0.29) is 6.61 Å². The standard InChI is InChI=1S/C25H22N2O5/c1-30-21-12-14-22(15-13-21)31-18-24(28)27-26-17-20-7-10-23(11-8-20)32-25(29)16-9-19-5-3-2-4-6-19/h2-17H,18H2,1H3,(H,27,28). The monoisotopic (exact) mass is 430 g/mol. The summed E-state index contributed by atoms with van der Waals surface area (Å²) in [5.74, 6) is 0.790. The van der Waals surface area contributed by atoms with Gasteiger partial charge in [0.15, 0.2) is 6.61 Å². The Bertz CT molecular complexity index is 1080. The van der Waals surface area contributed by atoms with E-state index < -0.39 is 11.9 Å². The lowest BCUT2D eigenvalue weighted by molar-refractivity contribution is -0.129. The molecule has 0 aliphatic carbocycles. The second kappa shape index (κ2) is 11.7. The van der Waals surface area contributed by atoms with Crippen molar-refractivity contribution in [3.05, 3.63) is 96.1 Å². The van der Waals surface area contributed by atoms with Gasteiger partial charge in [-0.2, -0.15) is 5.10 Å². The molecule has 3 aromatic carbocycles. The molecule has 0 aromatic heterocycles. The van der Waals surface area contributed by atoms with Crippen LogP contribution >= 0.6 is 0 Å². The molecular weight excluding hydrogens is 408 g/mol. The van der Waals surface area contributed by atoms with Crippen LogP contribution in [0.4, 0.5) is 0 Å². The van der Waals surface area contributed by atoms with E-state index in [1.807, 2.05) is 30.3 Å². The first-order valence-electron chi connectivity index (χ1n) is 9.76. The maximum absolute atomic E-state index is 11.9. The molecule has 0 heterocycles. The van der Waals surface area contributed by atoms with Gasteiger partial charge in [0.1, 0.15) is 17.2 Å². The molecule has 0 saturated heterocycles. The lowest BCUT2D eigenvalue weighted by atomic mass is 10.2. The Labute approximate surface area is 185 Å². The molecule has 0 unspecified atom stereocenters. The maximum atomic E-state index is 11.9. The van der Waals surface area contributed by atoms with Crippen molar-refractivity contribution in [3.63, 3.8) is 0 Å². The lowest BCUT2D eigenvalue weighted by Crippen LogP contribution is -2.24. The van der Waals surface area contributed by atoms with Gasteiger partial charge in [0.05, 0.1) is 13.3 Å². The number of esters is 1. The summed E-state index contributed by atoms with van der Waals surface area (Å²) >= 11 is 0. The van der Waals surface area contributed by atoms with Gasteiger partial charge in [-0.25, -0.2) is 10.2 Å². The average molecular weight is 430 g/mol. The van der Waals surface area contributed by atoms with Crippen molar-refractivity contribution in [3.8, 4) is 17.2 Å². The highest BCUT2D eigenvalue weighted by molar-refractivity contribution is 5.89. The molecule has 7 nitrogen and oxygen atoms in total. The van der Waals surface area contributed by atoms with Crippen molar-refractivity contribution in [1.82, 2.24) is 5.43 Å². The number of carbonyl (C=O) groups excluding carboxylic acids is 2. The van der Waals surface area contributed by atoms with Crippen molar-refractivity contribution < 1.29 is 23.8 Å². The van der Waals surface area contributed by atoms with Crippen molar-refractivity contribution in [2.75, 3.05) is 13.7 Å². The van der Waals surface area contributed by atoms with Gasteiger partial charge in [-0.15, -0.1) is 0 Å². The summed E-state index contributed by atoms with van der Waals surface area (Å²) in [4.78, 5) is 23.7. The fraction of sp³-hybridized carbons (Fsp3) is 0.0800. The number of nitrogens with one attached hydrogen (secondary N) is 1. The quantitative estimate of drug-likeness (QED) is 0.183. The Hall–Kier alpha value is -4.39. The third-order valence-electron chi connectivity index (χ3n) is 4.14. The summed E-state index contributed by atoms with van der Waals surface area (Å²) < 4.78 is 15.7. The summed E-state index contributed by atoms with van der Waals surface area (Å²) in [6.07, 6.45) is 4.53. The first-order valence-corrected chi connectivity index (χ1v) is 9.76. The highest BCUT2D eigenvalue weighted by Crippen LogP contribution is 2.16. The summed E-state index contributed by atoms with van der Waals surface area (Å²) in [6.45, 7) is -0.172. The van der Waals surface area contributed by atoms with Gasteiger partial charge in [0, 0.05) is 6.08 Å². The zero-order valence-corrected chi connectivity index (χ0v) is 17.4. The number of benzene rings is 3. The number of hydrogen-bond acceptors (Lipinski definition) is 6. The number of amides is 1. The largest absolute Gasteiger partial charge is 0.497 e. The fourth-order valence-electron chi connectivity index (χ4n) is 2.53. The molecule has 0 fully saturated rings. The van der Waals surface area contributed by atoms with Gasteiger partial charge < -0.3 is 14.2 Å². The highest BCUT2D eigenvalue weighted by atomic mass is 16.5. The normalized spacial score (nSPS) is 10.8. The van der Waals surface area contributed by atoms with Crippen LogP contribution in [-0.2, 0) is 9.59 Å². The van der Waals surface area contributed by atoms with E-state index in [9.17, 15) is 9.59 Å². The zero-order valence-electron chi connectivity index (χ0n) is 17.4. The first-order chi connectivity index (χ1) is 15.6. The molecule has 3 aromatic rings. The van der Waals surface area contributed by atoms with E-state index in [0.29, 0.717) is 17.2 Å². The molecule has 3 rings (SSSR count). The fourth-order valence-corrected chi connectivity index (χ4v) is 2.53. The number of hydrogen-bond donors (Lipinski definition) is 1. The molecule has 32 heavy (non-hydrogen) atoms. The summed E-state index contributed by atoms with van der Waals surface area (Å²) in [7, 11) is 1.58. The third-order valence-corrected chi connectivity index (χ3v) is 4.14. The molecular formula is C25H22N2O5. The second-order valence-electron chi connectivity index (χ2n) is 6.49. The Balaban J connectivity index is 1.41. The Kier molecular flexibility index (Phi) is 8.16. The average Bonchev–Trinajstić information content (AvgIpc) is 2.83. The Morgan fingerprint density at radius 3 is 2.19 bits per heavy atom. The van der Waals surface area contributed by atoms with Gasteiger partial charge in [0.25, 0.3) is 5.91 Å². The van der Waals surface area contributed by atoms with Crippen molar-refractivity contribution in [2.24, 2.45) is 5.10 Å². The topological polar surface area (TPSA) is 86.2 Å². The minimum absolute atomic E-state index is 0.172. The molecule has 0 radical (unpaired) electrons. The molecule has 0 saturated carbocycles. The number of ether oxygens (including phenoxy) is 3. The summed E-state index contributed by atoms with van der Waals surface area (Å²) in [5.41, 5.74) is 4.02. The van der Waals surface area contributed by atoms with Gasteiger partial charge in [-0.05, 0) is 65.7 Å². The number of hydrazone groups is 1. The van der Waals surface area contributed by atoms with Crippen molar-refractivity contribution >= 4 is 24.2 Å². The molecule has 7 heteroatoms. The number of nitrogens with zero attached hydrogens (tertiary/aromatic N) is 1. The molecule has 0 atom stereocenters. The predicted molar refractivity (Wildman–Crippen MR) is 122 cm³/mol. The van der Waals surface area contributed by atoms with Crippen LogP contribution in [0.1, 0.15) is 11.1 Å². The van der Waals surface area contributed by atoms with Gasteiger partial charge in [-0.1, -0.05) is 30.3 Å². The second-order valence-corrected chi connectivity index (χ2v) is 6.49. The van der Waals surface area contributed by atoms with Gasteiger partial charge >= 0.3 is 5.97 Å². The van der Waals surface area contributed by atoms with E-state index in [1.54, 1.807) is 61.7 Å². The van der Waals surface area contributed by atoms with Crippen LogP contribution in [-0.4, -0.2) is 31.8 Å². The molecule has 0 spiro atoms. The lowest BCUT2D eigenvalue weighted by Gasteiger charge is -2.06. The molecule has 0 aliphatic heterocycles. The van der Waals surface area contributed by atoms with Gasteiger partial charge in [-0.3, -0.25) is 4.79 Å². The van der Waals surface area contributed by atoms with Crippen molar-refractivity contribution in [1.29, 1.82) is 0 Å². The SMILES string of the molecule is COc1ccc(OCC(=O)NN=Cc2ccc(OC(=O)C=Cc3ccccc3)cc2)cc1. The highest BCUT2D eigenvalue weighted by Gasteiger charge is 2.03. The first kappa shape index (κ1) is 22.3. The van der Waals surface area contributed by atoms with Crippen molar-refractivity contribution in [2.45, 2.75) is 0 Å². The Morgan fingerprint density at radius 2 is 1.50 bits per heavy atom. The maximum Gasteiger partial charge on any atom is 0.336 e. The number of rotatable bonds is 9. The van der Waals surface area contributed by atoms with E-state index in [4.69, 9.17) is 14.2 Å². The van der Waals surface area contributed by atoms with Crippen LogP contribution in [0.2, 0.25) is 0 Å². The third kappa shape index (κ3) is 7.46. The molecule has 1 amide bonds. The minimum Gasteiger partial charge on any atom is -0.497 e.